The van der Waals surface area contributed by atoms with Gasteiger partial charge in [0.25, 0.3) is 5.91 Å². The number of amides is 2. The molecule has 6 heteroatoms. The lowest BCUT2D eigenvalue weighted by Crippen LogP contribution is -2.59. The van der Waals surface area contributed by atoms with E-state index in [0.717, 1.165) is 6.42 Å². The number of benzene rings is 1. The molecule has 2 saturated heterocycles. The monoisotopic (exact) mass is 360 g/mol. The normalized spacial score (nSPS) is 25.0. The van der Waals surface area contributed by atoms with E-state index in [9.17, 15) is 9.59 Å². The molecule has 2 atom stereocenters. The molecular weight excluding hydrogens is 332 g/mol. The van der Waals surface area contributed by atoms with E-state index in [2.05, 4.69) is 0 Å². The Kier molecular flexibility index (Phi) is 4.63. The summed E-state index contributed by atoms with van der Waals surface area (Å²) in [6, 6.07) is 9.34. The van der Waals surface area contributed by atoms with Crippen LogP contribution in [0.2, 0.25) is 0 Å². The predicted octanol–water partition coefficient (Wildman–Crippen LogP) is 3.27. The largest absolute Gasteiger partial charge is 0.480 e. The average Bonchev–Trinajstić information content (AvgIpc) is 2.75. The van der Waals surface area contributed by atoms with E-state index >= 15 is 0 Å². The topological polar surface area (TPSA) is 59.1 Å². The predicted molar refractivity (Wildman–Crippen MR) is 97.7 cm³/mol. The molecule has 6 nitrogen and oxygen atoms in total. The van der Waals surface area contributed by atoms with Crippen molar-refractivity contribution in [3.8, 4) is 5.75 Å². The van der Waals surface area contributed by atoms with Gasteiger partial charge in [0.15, 0.2) is 6.10 Å². The molecule has 0 saturated carbocycles. The highest BCUT2D eigenvalue weighted by Crippen LogP contribution is 2.43. The molecule has 2 aliphatic heterocycles. The van der Waals surface area contributed by atoms with Crippen LogP contribution >= 0.6 is 0 Å². The summed E-state index contributed by atoms with van der Waals surface area (Å²) in [5, 5.41) is 0. The summed E-state index contributed by atoms with van der Waals surface area (Å²) in [6.45, 7) is 10.7. The molecule has 0 aromatic heterocycles. The number of fused-ring (bicyclic) bond motifs is 1. The molecule has 1 aromatic carbocycles. The molecule has 0 unspecified atom stereocenters. The fourth-order valence-electron chi connectivity index (χ4n) is 3.81. The van der Waals surface area contributed by atoms with Crippen molar-refractivity contribution in [1.29, 1.82) is 0 Å². The average molecular weight is 360 g/mol. The number of carbonyl (C=O) groups excluding carboxylic acids is 2. The second kappa shape index (κ2) is 6.49. The molecule has 0 aliphatic carbocycles. The molecule has 0 N–H and O–H groups in total. The van der Waals surface area contributed by atoms with E-state index in [1.807, 2.05) is 65.0 Å². The van der Waals surface area contributed by atoms with Crippen LogP contribution in [0.15, 0.2) is 30.3 Å². The van der Waals surface area contributed by atoms with Gasteiger partial charge in [0.05, 0.1) is 5.41 Å². The Morgan fingerprint density at radius 1 is 1.15 bits per heavy atom. The Morgan fingerprint density at radius 3 is 2.42 bits per heavy atom. The molecule has 142 valence electrons. The van der Waals surface area contributed by atoms with Gasteiger partial charge in [-0.2, -0.15) is 0 Å². The third kappa shape index (κ3) is 3.37. The summed E-state index contributed by atoms with van der Waals surface area (Å²) in [5.74, 6) is 0.583. The fourth-order valence-corrected chi connectivity index (χ4v) is 3.81. The van der Waals surface area contributed by atoms with Crippen LogP contribution < -0.4 is 4.74 Å². The van der Waals surface area contributed by atoms with Crippen molar-refractivity contribution in [2.24, 2.45) is 5.41 Å². The highest BCUT2D eigenvalue weighted by atomic mass is 16.6. The first-order valence-electron chi connectivity index (χ1n) is 9.13. The van der Waals surface area contributed by atoms with Gasteiger partial charge in [-0.05, 0) is 39.3 Å². The third-order valence-corrected chi connectivity index (χ3v) is 4.86. The molecule has 0 spiro atoms. The van der Waals surface area contributed by atoms with E-state index in [0.29, 0.717) is 18.8 Å². The molecular formula is C20H28N2O4. The maximum Gasteiger partial charge on any atom is 0.411 e. The van der Waals surface area contributed by atoms with Gasteiger partial charge in [-0.3, -0.25) is 9.69 Å². The number of nitrogens with zero attached hydrogens (tertiary/aromatic N) is 2. The number of hydrogen-bond donors (Lipinski definition) is 0. The summed E-state index contributed by atoms with van der Waals surface area (Å²) in [4.78, 5) is 29.2. The van der Waals surface area contributed by atoms with Gasteiger partial charge in [-0.25, -0.2) is 4.79 Å². The summed E-state index contributed by atoms with van der Waals surface area (Å²) < 4.78 is 11.6. The van der Waals surface area contributed by atoms with Crippen LogP contribution in [0, 0.1) is 5.41 Å². The Balaban J connectivity index is 1.87. The van der Waals surface area contributed by atoms with Crippen molar-refractivity contribution < 1.29 is 19.1 Å². The van der Waals surface area contributed by atoms with E-state index in [-0.39, 0.29) is 18.2 Å². The van der Waals surface area contributed by atoms with Crippen molar-refractivity contribution >= 4 is 12.0 Å². The van der Waals surface area contributed by atoms with Gasteiger partial charge in [0.1, 0.15) is 17.5 Å². The smallest absolute Gasteiger partial charge is 0.411 e. The van der Waals surface area contributed by atoms with Gasteiger partial charge in [-0.1, -0.05) is 32.0 Å². The Morgan fingerprint density at radius 2 is 1.81 bits per heavy atom. The van der Waals surface area contributed by atoms with Crippen LogP contribution in [0.4, 0.5) is 4.79 Å². The van der Waals surface area contributed by atoms with Gasteiger partial charge in [-0.15, -0.1) is 0 Å². The third-order valence-electron chi connectivity index (χ3n) is 4.86. The van der Waals surface area contributed by atoms with Crippen LogP contribution in [0.5, 0.6) is 5.75 Å². The maximum absolute atomic E-state index is 13.0. The van der Waals surface area contributed by atoms with Crippen LogP contribution in [0.3, 0.4) is 0 Å². The number of para-hydroxylation sites is 1. The van der Waals surface area contributed by atoms with Gasteiger partial charge in [0.2, 0.25) is 0 Å². The van der Waals surface area contributed by atoms with Crippen molar-refractivity contribution in [1.82, 2.24) is 9.80 Å². The SMILES string of the molecule is CC(C)(C)OC(=O)N1CCCN2C(=O)[C@@H](Oc3ccccc3)C(C)(C)[C@@H]12. The summed E-state index contributed by atoms with van der Waals surface area (Å²) in [7, 11) is 0. The van der Waals surface area contributed by atoms with E-state index < -0.39 is 17.1 Å². The molecule has 1 aromatic rings. The lowest BCUT2D eigenvalue weighted by molar-refractivity contribution is -0.137. The molecule has 2 aliphatic rings. The van der Waals surface area contributed by atoms with Gasteiger partial charge >= 0.3 is 6.09 Å². The fraction of sp³-hybridized carbons (Fsp3) is 0.600. The minimum Gasteiger partial charge on any atom is -0.480 e. The zero-order valence-electron chi connectivity index (χ0n) is 16.2. The quantitative estimate of drug-likeness (QED) is 0.812. The lowest BCUT2D eigenvalue weighted by atomic mass is 9.85. The highest BCUT2D eigenvalue weighted by Gasteiger charge is 2.59. The Hall–Kier alpha value is -2.24. The van der Waals surface area contributed by atoms with Crippen LogP contribution in [-0.2, 0) is 9.53 Å². The van der Waals surface area contributed by atoms with Gasteiger partial charge in [0, 0.05) is 13.1 Å². The summed E-state index contributed by atoms with van der Waals surface area (Å²) >= 11 is 0. The van der Waals surface area contributed by atoms with Crippen molar-refractivity contribution in [2.75, 3.05) is 13.1 Å². The first-order chi connectivity index (χ1) is 12.1. The van der Waals surface area contributed by atoms with Gasteiger partial charge < -0.3 is 14.4 Å². The molecule has 3 rings (SSSR count). The van der Waals surface area contributed by atoms with Crippen LogP contribution in [0.25, 0.3) is 0 Å². The van der Waals surface area contributed by atoms with Crippen molar-refractivity contribution in [3.63, 3.8) is 0 Å². The number of ether oxygens (including phenoxy) is 2. The van der Waals surface area contributed by atoms with Crippen molar-refractivity contribution in [2.45, 2.75) is 58.9 Å². The number of carbonyl (C=O) groups is 2. The molecule has 26 heavy (non-hydrogen) atoms. The number of rotatable bonds is 2. The first-order valence-corrected chi connectivity index (χ1v) is 9.13. The Bertz CT molecular complexity index is 681. The molecule has 2 amide bonds. The summed E-state index contributed by atoms with van der Waals surface area (Å²) in [5.41, 5.74) is -1.14. The lowest BCUT2D eigenvalue weighted by Gasteiger charge is -2.44. The highest BCUT2D eigenvalue weighted by molar-refractivity contribution is 5.86. The molecule has 2 heterocycles. The minimum absolute atomic E-state index is 0.0721. The standard InChI is InChI=1S/C20H28N2O4/c1-19(2,3)26-18(24)22-13-9-12-21-16(23)15(20(4,5)17(21)22)25-14-10-7-6-8-11-14/h6-8,10-11,15,17H,9,12-13H2,1-5H3/t15-,17-/m1/s1. The van der Waals surface area contributed by atoms with E-state index in [4.69, 9.17) is 9.47 Å². The van der Waals surface area contributed by atoms with E-state index in [1.165, 1.54) is 0 Å². The zero-order valence-corrected chi connectivity index (χ0v) is 16.2. The Labute approximate surface area is 155 Å². The second-order valence-corrected chi connectivity index (χ2v) is 8.56. The van der Waals surface area contributed by atoms with Crippen LogP contribution in [-0.4, -0.2) is 52.8 Å². The first kappa shape index (κ1) is 18.5. The molecule has 0 bridgehead atoms. The molecule has 0 radical (unpaired) electrons. The van der Waals surface area contributed by atoms with E-state index in [1.54, 1.807) is 9.80 Å². The van der Waals surface area contributed by atoms with Crippen LogP contribution in [0.1, 0.15) is 41.0 Å². The summed E-state index contributed by atoms with van der Waals surface area (Å²) in [6.07, 6.45) is -0.658. The van der Waals surface area contributed by atoms with Crippen molar-refractivity contribution in [3.05, 3.63) is 30.3 Å². The molecule has 2 fully saturated rings. The number of hydrogen-bond acceptors (Lipinski definition) is 4. The second-order valence-electron chi connectivity index (χ2n) is 8.56. The maximum atomic E-state index is 13.0. The minimum atomic E-state index is -0.641. The zero-order chi connectivity index (χ0) is 19.1.